The molecule has 1 aromatic carbocycles. The van der Waals surface area contributed by atoms with E-state index in [0.717, 1.165) is 22.8 Å². The van der Waals surface area contributed by atoms with Crippen LogP contribution in [0.3, 0.4) is 0 Å². The summed E-state index contributed by atoms with van der Waals surface area (Å²) in [7, 11) is 0. The Labute approximate surface area is 181 Å². The Morgan fingerprint density at radius 2 is 2.00 bits per heavy atom. The van der Waals surface area contributed by atoms with E-state index in [-0.39, 0.29) is 5.91 Å². The number of rotatable bonds is 6. The molecule has 30 heavy (non-hydrogen) atoms. The van der Waals surface area contributed by atoms with E-state index in [0.29, 0.717) is 22.0 Å². The normalized spacial score (nSPS) is 11.0. The minimum Gasteiger partial charge on any atom is -0.334 e. The summed E-state index contributed by atoms with van der Waals surface area (Å²) in [4.78, 5) is 18.4. The van der Waals surface area contributed by atoms with Gasteiger partial charge in [0.2, 0.25) is 11.1 Å². The van der Waals surface area contributed by atoms with Crippen LogP contribution in [0.25, 0.3) is 5.95 Å². The van der Waals surface area contributed by atoms with Crippen molar-refractivity contribution in [1.29, 1.82) is 0 Å². The van der Waals surface area contributed by atoms with Crippen LogP contribution in [0.2, 0.25) is 0 Å². The van der Waals surface area contributed by atoms with Crippen molar-refractivity contribution in [3.63, 3.8) is 0 Å². The van der Waals surface area contributed by atoms with Gasteiger partial charge in [-0.25, -0.2) is 14.3 Å². The Balaban J connectivity index is 1.50. The van der Waals surface area contributed by atoms with Crippen LogP contribution in [0.1, 0.15) is 24.0 Å². The number of carbonyl (C=O) groups is 1. The molecule has 9 nitrogen and oxygen atoms in total. The van der Waals surface area contributed by atoms with E-state index in [1.165, 1.54) is 34.7 Å². The summed E-state index contributed by atoms with van der Waals surface area (Å²) in [5.74, 6) is 7.09. The molecule has 3 heterocycles. The highest BCUT2D eigenvalue weighted by atomic mass is 32.2. The highest BCUT2D eigenvalue weighted by Crippen LogP contribution is 2.30. The Kier molecular flexibility index (Phi) is 5.55. The summed E-state index contributed by atoms with van der Waals surface area (Å²) in [5.41, 5.74) is 3.43. The number of nitrogens with two attached hydrogens (primary N) is 1. The van der Waals surface area contributed by atoms with Crippen molar-refractivity contribution in [1.82, 2.24) is 29.6 Å². The molecule has 0 aliphatic carbocycles. The van der Waals surface area contributed by atoms with Crippen molar-refractivity contribution in [2.24, 2.45) is 0 Å². The third-order valence-corrected chi connectivity index (χ3v) is 6.11. The lowest BCUT2D eigenvalue weighted by atomic mass is 10.3. The summed E-state index contributed by atoms with van der Waals surface area (Å²) in [5, 5.41) is 15.9. The van der Waals surface area contributed by atoms with Gasteiger partial charge in [0.15, 0.2) is 5.13 Å². The predicted octanol–water partition coefficient (Wildman–Crippen LogP) is 3.23. The minimum atomic E-state index is -0.0917. The van der Waals surface area contributed by atoms with Gasteiger partial charge in [-0.3, -0.25) is 9.69 Å². The van der Waals surface area contributed by atoms with Crippen LogP contribution in [0.5, 0.6) is 0 Å². The zero-order valence-corrected chi connectivity index (χ0v) is 18.3. The minimum absolute atomic E-state index is 0.0917. The molecule has 0 atom stereocenters. The second-order valence-electron chi connectivity index (χ2n) is 6.59. The average molecular weight is 441 g/mol. The van der Waals surface area contributed by atoms with Gasteiger partial charge in [-0.05, 0) is 32.0 Å². The van der Waals surface area contributed by atoms with Crippen molar-refractivity contribution >= 4 is 39.8 Å². The van der Waals surface area contributed by atoms with E-state index in [4.69, 9.17) is 5.84 Å². The fourth-order valence-electron chi connectivity index (χ4n) is 2.95. The first-order valence-electron chi connectivity index (χ1n) is 9.11. The lowest BCUT2D eigenvalue weighted by molar-refractivity contribution is -0.115. The molecule has 0 saturated heterocycles. The molecule has 4 rings (SSSR count). The number of aromatic nitrogens is 6. The van der Waals surface area contributed by atoms with Crippen molar-refractivity contribution in [2.75, 3.05) is 10.7 Å². The maximum Gasteiger partial charge on any atom is 0.271 e. The van der Waals surface area contributed by atoms with E-state index < -0.39 is 0 Å². The third kappa shape index (κ3) is 3.94. The predicted molar refractivity (Wildman–Crippen MR) is 118 cm³/mol. The molecule has 0 saturated carbocycles. The van der Waals surface area contributed by atoms with E-state index in [1.807, 2.05) is 55.6 Å². The first-order valence-corrected chi connectivity index (χ1v) is 11.0. The summed E-state index contributed by atoms with van der Waals surface area (Å²) < 4.78 is 3.08. The van der Waals surface area contributed by atoms with Gasteiger partial charge in [-0.1, -0.05) is 30.0 Å². The van der Waals surface area contributed by atoms with Crippen LogP contribution in [-0.4, -0.2) is 35.5 Å². The molecule has 0 bridgehead atoms. The van der Waals surface area contributed by atoms with Gasteiger partial charge in [-0.15, -0.1) is 21.5 Å². The van der Waals surface area contributed by atoms with Crippen molar-refractivity contribution in [2.45, 2.75) is 31.7 Å². The molecule has 11 heteroatoms. The van der Waals surface area contributed by atoms with Gasteiger partial charge < -0.3 is 5.84 Å². The molecule has 0 unspecified atom stereocenters. The molecular formula is C19H20N8OS2. The molecule has 154 valence electrons. The first kappa shape index (κ1) is 20.1. The van der Waals surface area contributed by atoms with Crippen LogP contribution < -0.4 is 10.7 Å². The third-order valence-electron chi connectivity index (χ3n) is 4.25. The largest absolute Gasteiger partial charge is 0.334 e. The number of para-hydroxylation sites is 1. The van der Waals surface area contributed by atoms with Crippen LogP contribution >= 0.6 is 23.1 Å². The smallest absolute Gasteiger partial charge is 0.271 e. The lowest BCUT2D eigenvalue weighted by Crippen LogP contribution is -2.22. The number of amides is 1. The number of nitrogens with zero attached hydrogens (tertiary/aromatic N) is 7. The van der Waals surface area contributed by atoms with Crippen LogP contribution in [0.4, 0.5) is 10.8 Å². The number of nitrogen functional groups attached to an aromatic ring is 1. The van der Waals surface area contributed by atoms with Gasteiger partial charge in [-0.2, -0.15) is 5.10 Å². The summed E-state index contributed by atoms with van der Waals surface area (Å²) in [6.07, 6.45) is 0. The van der Waals surface area contributed by atoms with E-state index in [2.05, 4.69) is 20.3 Å². The van der Waals surface area contributed by atoms with Crippen molar-refractivity contribution in [3.8, 4) is 5.95 Å². The Morgan fingerprint density at radius 1 is 1.23 bits per heavy atom. The standard InChI is InChI=1S/C19H20N8OS2/c1-12-9-13(2)27(24-12)17-22-23-19(26(17)20)30-11-15-10-29-18(21-15)25(14(3)28)16-7-5-4-6-8-16/h4-10H,11,20H2,1-3H3. The maximum atomic E-state index is 12.2. The highest BCUT2D eigenvalue weighted by Gasteiger charge is 2.19. The van der Waals surface area contributed by atoms with Crippen LogP contribution in [0.15, 0.2) is 46.9 Å². The molecule has 3 aromatic heterocycles. The number of thiazole rings is 1. The summed E-state index contributed by atoms with van der Waals surface area (Å²) >= 11 is 2.84. The number of carbonyl (C=O) groups excluding carboxylic acids is 1. The molecule has 0 radical (unpaired) electrons. The number of thioether (sulfide) groups is 1. The molecule has 0 aliphatic heterocycles. The number of benzene rings is 1. The number of hydrogen-bond acceptors (Lipinski definition) is 8. The fourth-order valence-corrected chi connectivity index (χ4v) is 4.69. The van der Waals surface area contributed by atoms with E-state index in [9.17, 15) is 4.79 Å². The molecular weight excluding hydrogens is 420 g/mol. The molecule has 1 amide bonds. The van der Waals surface area contributed by atoms with Gasteiger partial charge in [0.25, 0.3) is 5.95 Å². The Morgan fingerprint density at radius 3 is 2.67 bits per heavy atom. The number of anilines is 2. The average Bonchev–Trinajstić information content (AvgIpc) is 3.40. The molecule has 0 fully saturated rings. The monoisotopic (exact) mass is 440 g/mol. The van der Waals surface area contributed by atoms with Gasteiger partial charge in [0.05, 0.1) is 17.1 Å². The first-order chi connectivity index (χ1) is 14.4. The Bertz CT molecular complexity index is 1180. The van der Waals surface area contributed by atoms with E-state index in [1.54, 1.807) is 9.58 Å². The van der Waals surface area contributed by atoms with Gasteiger partial charge in [0.1, 0.15) is 0 Å². The zero-order chi connectivity index (χ0) is 21.3. The SMILES string of the molecule is CC(=O)N(c1ccccc1)c1nc(CSc2nnc(-n3nc(C)cc3C)n2N)cs1. The quantitative estimate of drug-likeness (QED) is 0.362. The highest BCUT2D eigenvalue weighted by molar-refractivity contribution is 7.98. The molecule has 4 aromatic rings. The zero-order valence-electron chi connectivity index (χ0n) is 16.7. The van der Waals surface area contributed by atoms with Crippen LogP contribution in [-0.2, 0) is 10.5 Å². The maximum absolute atomic E-state index is 12.2. The Hall–Kier alpha value is -3.18. The van der Waals surface area contributed by atoms with Gasteiger partial charge in [0, 0.05) is 23.8 Å². The van der Waals surface area contributed by atoms with Gasteiger partial charge >= 0.3 is 0 Å². The molecule has 0 spiro atoms. The van der Waals surface area contributed by atoms with E-state index >= 15 is 0 Å². The lowest BCUT2D eigenvalue weighted by Gasteiger charge is -2.17. The van der Waals surface area contributed by atoms with Crippen molar-refractivity contribution < 1.29 is 4.79 Å². The second-order valence-corrected chi connectivity index (χ2v) is 8.37. The summed E-state index contributed by atoms with van der Waals surface area (Å²) in [6, 6.07) is 11.4. The summed E-state index contributed by atoms with van der Waals surface area (Å²) in [6.45, 7) is 5.38. The number of hydrogen-bond donors (Lipinski definition) is 1. The molecule has 2 N–H and O–H groups in total. The molecule has 0 aliphatic rings. The number of aryl methyl sites for hydroxylation is 2. The fraction of sp³-hybridized carbons (Fsp3) is 0.211. The second kappa shape index (κ2) is 8.28. The van der Waals surface area contributed by atoms with Crippen molar-refractivity contribution in [3.05, 3.63) is 58.9 Å². The van der Waals surface area contributed by atoms with Crippen LogP contribution in [0, 0.1) is 13.8 Å². The topological polar surface area (TPSA) is 108 Å².